The van der Waals surface area contributed by atoms with Crippen LogP contribution >= 0.6 is 0 Å². The standard InChI is InChI=1S/C14H17N3O4S/c1-9-13(10(2)17(3)15-9)16-22(19,20)12-8-6-5-7-11(12)14(18)21-4/h5-8,16H,1-4H3. The Bertz CT molecular complexity index is 825. The second-order valence-electron chi connectivity index (χ2n) is 4.76. The molecule has 0 saturated heterocycles. The van der Waals surface area contributed by atoms with Crippen molar-refractivity contribution < 1.29 is 17.9 Å². The highest BCUT2D eigenvalue weighted by Crippen LogP contribution is 2.24. The number of carbonyl (C=O) groups is 1. The van der Waals surface area contributed by atoms with Crippen LogP contribution in [0.4, 0.5) is 5.69 Å². The fourth-order valence-electron chi connectivity index (χ4n) is 2.09. The summed E-state index contributed by atoms with van der Waals surface area (Å²) in [6.45, 7) is 3.46. The van der Waals surface area contributed by atoms with Crippen molar-refractivity contribution in [3.05, 3.63) is 41.2 Å². The first-order valence-corrected chi connectivity index (χ1v) is 7.96. The van der Waals surface area contributed by atoms with Crippen molar-refractivity contribution in [2.45, 2.75) is 18.7 Å². The molecule has 0 fully saturated rings. The van der Waals surface area contributed by atoms with Crippen LogP contribution < -0.4 is 4.72 Å². The largest absolute Gasteiger partial charge is 0.465 e. The first kappa shape index (κ1) is 16.0. The SMILES string of the molecule is COC(=O)c1ccccc1S(=O)(=O)Nc1c(C)nn(C)c1C. The van der Waals surface area contributed by atoms with Crippen molar-refractivity contribution in [2.75, 3.05) is 11.8 Å². The summed E-state index contributed by atoms with van der Waals surface area (Å²) in [5.41, 5.74) is 1.62. The highest BCUT2D eigenvalue weighted by atomic mass is 32.2. The lowest BCUT2D eigenvalue weighted by Gasteiger charge is -2.11. The first-order valence-electron chi connectivity index (χ1n) is 6.48. The van der Waals surface area contributed by atoms with Gasteiger partial charge in [0.15, 0.2) is 0 Å². The van der Waals surface area contributed by atoms with Gasteiger partial charge in [0.1, 0.15) is 4.90 Å². The number of nitrogens with zero attached hydrogens (tertiary/aromatic N) is 2. The number of nitrogens with one attached hydrogen (secondary N) is 1. The minimum atomic E-state index is -3.93. The Balaban J connectivity index is 2.50. The van der Waals surface area contributed by atoms with Crippen LogP contribution in [0.25, 0.3) is 0 Å². The molecule has 0 aliphatic carbocycles. The van der Waals surface area contributed by atoms with E-state index in [1.807, 2.05) is 0 Å². The third kappa shape index (κ3) is 2.82. The second kappa shape index (κ2) is 5.80. The van der Waals surface area contributed by atoms with Gasteiger partial charge in [-0.2, -0.15) is 5.10 Å². The van der Waals surface area contributed by atoms with E-state index in [0.717, 1.165) is 0 Å². The maximum Gasteiger partial charge on any atom is 0.339 e. The van der Waals surface area contributed by atoms with Gasteiger partial charge in [0.05, 0.1) is 29.7 Å². The molecule has 0 amide bonds. The van der Waals surface area contributed by atoms with E-state index in [4.69, 9.17) is 0 Å². The van der Waals surface area contributed by atoms with Crippen LogP contribution in [-0.4, -0.2) is 31.3 Å². The van der Waals surface area contributed by atoms with Gasteiger partial charge in [-0.15, -0.1) is 0 Å². The van der Waals surface area contributed by atoms with E-state index in [1.165, 1.54) is 19.2 Å². The lowest BCUT2D eigenvalue weighted by molar-refractivity contribution is 0.0596. The predicted octanol–water partition coefficient (Wildman–Crippen LogP) is 1.62. The summed E-state index contributed by atoms with van der Waals surface area (Å²) in [6.07, 6.45) is 0. The summed E-state index contributed by atoms with van der Waals surface area (Å²) in [6, 6.07) is 5.88. The van der Waals surface area contributed by atoms with Gasteiger partial charge in [-0.1, -0.05) is 12.1 Å². The molecule has 1 aromatic heterocycles. The van der Waals surface area contributed by atoms with Crippen LogP contribution in [0.3, 0.4) is 0 Å². The molecule has 1 N–H and O–H groups in total. The average molecular weight is 323 g/mol. The molecular weight excluding hydrogens is 306 g/mol. The zero-order valence-corrected chi connectivity index (χ0v) is 13.6. The normalized spacial score (nSPS) is 11.3. The van der Waals surface area contributed by atoms with Crippen molar-refractivity contribution in [3.8, 4) is 0 Å². The Hall–Kier alpha value is -2.35. The Morgan fingerprint density at radius 2 is 1.91 bits per heavy atom. The summed E-state index contributed by atoms with van der Waals surface area (Å²) in [4.78, 5) is 11.6. The van der Waals surface area contributed by atoms with Crippen LogP contribution in [0.1, 0.15) is 21.7 Å². The third-order valence-corrected chi connectivity index (χ3v) is 4.74. The highest BCUT2D eigenvalue weighted by Gasteiger charge is 2.24. The lowest BCUT2D eigenvalue weighted by atomic mass is 10.2. The monoisotopic (exact) mass is 323 g/mol. The molecule has 0 aliphatic rings. The molecule has 0 unspecified atom stereocenters. The van der Waals surface area contributed by atoms with Crippen LogP contribution in [0.5, 0.6) is 0 Å². The Kier molecular flexibility index (Phi) is 4.23. The van der Waals surface area contributed by atoms with Crippen LogP contribution in [0.15, 0.2) is 29.2 Å². The van der Waals surface area contributed by atoms with E-state index >= 15 is 0 Å². The van der Waals surface area contributed by atoms with E-state index in [1.54, 1.807) is 37.7 Å². The number of carbonyl (C=O) groups excluding carboxylic acids is 1. The van der Waals surface area contributed by atoms with E-state index in [2.05, 4.69) is 14.6 Å². The van der Waals surface area contributed by atoms with Gasteiger partial charge in [-0.05, 0) is 26.0 Å². The zero-order chi connectivity index (χ0) is 16.5. The minimum Gasteiger partial charge on any atom is -0.465 e. The molecule has 0 aliphatic heterocycles. The molecule has 0 spiro atoms. The Morgan fingerprint density at radius 1 is 1.27 bits per heavy atom. The number of sulfonamides is 1. The second-order valence-corrected chi connectivity index (χ2v) is 6.41. The predicted molar refractivity (Wildman–Crippen MR) is 81.3 cm³/mol. The number of benzene rings is 1. The fraction of sp³-hybridized carbons (Fsp3) is 0.286. The van der Waals surface area contributed by atoms with E-state index in [0.29, 0.717) is 17.1 Å². The van der Waals surface area contributed by atoms with Crippen molar-refractivity contribution in [1.29, 1.82) is 0 Å². The van der Waals surface area contributed by atoms with Gasteiger partial charge in [-0.3, -0.25) is 9.40 Å². The van der Waals surface area contributed by atoms with Crippen molar-refractivity contribution >= 4 is 21.7 Å². The number of aromatic nitrogens is 2. The van der Waals surface area contributed by atoms with Gasteiger partial charge in [-0.25, -0.2) is 13.2 Å². The molecule has 22 heavy (non-hydrogen) atoms. The maximum atomic E-state index is 12.6. The van der Waals surface area contributed by atoms with Crippen molar-refractivity contribution in [1.82, 2.24) is 9.78 Å². The van der Waals surface area contributed by atoms with Gasteiger partial charge < -0.3 is 4.74 Å². The number of anilines is 1. The number of hydrogen-bond donors (Lipinski definition) is 1. The zero-order valence-electron chi connectivity index (χ0n) is 12.7. The minimum absolute atomic E-state index is 0.0169. The number of aryl methyl sites for hydroxylation is 2. The molecule has 1 heterocycles. The molecule has 2 aromatic rings. The fourth-order valence-corrected chi connectivity index (χ4v) is 3.46. The van der Waals surface area contributed by atoms with Crippen LogP contribution in [-0.2, 0) is 21.8 Å². The Labute approximate surface area is 129 Å². The summed E-state index contributed by atoms with van der Waals surface area (Å²) in [5.74, 6) is -0.708. The van der Waals surface area contributed by atoms with Gasteiger partial charge in [0, 0.05) is 7.05 Å². The first-order chi connectivity index (χ1) is 10.3. The summed E-state index contributed by atoms with van der Waals surface area (Å²) >= 11 is 0. The van der Waals surface area contributed by atoms with E-state index in [9.17, 15) is 13.2 Å². The number of esters is 1. The number of ether oxygens (including phenoxy) is 1. The Morgan fingerprint density at radius 3 is 2.45 bits per heavy atom. The molecule has 7 nitrogen and oxygen atoms in total. The van der Waals surface area contributed by atoms with Crippen LogP contribution in [0.2, 0.25) is 0 Å². The van der Waals surface area contributed by atoms with E-state index in [-0.39, 0.29) is 10.5 Å². The van der Waals surface area contributed by atoms with Gasteiger partial charge >= 0.3 is 5.97 Å². The van der Waals surface area contributed by atoms with E-state index < -0.39 is 16.0 Å². The molecular formula is C14H17N3O4S. The summed E-state index contributed by atoms with van der Waals surface area (Å²) in [5, 5.41) is 4.16. The maximum absolute atomic E-state index is 12.6. The number of methoxy groups -OCH3 is 1. The molecule has 0 atom stereocenters. The van der Waals surface area contributed by atoms with Gasteiger partial charge in [0.25, 0.3) is 10.0 Å². The summed E-state index contributed by atoms with van der Waals surface area (Å²) < 4.78 is 33.9. The number of hydrogen-bond acceptors (Lipinski definition) is 5. The van der Waals surface area contributed by atoms with Crippen molar-refractivity contribution in [2.24, 2.45) is 7.05 Å². The molecule has 2 rings (SSSR count). The molecule has 8 heteroatoms. The van der Waals surface area contributed by atoms with Gasteiger partial charge in [0.2, 0.25) is 0 Å². The molecule has 1 aromatic carbocycles. The van der Waals surface area contributed by atoms with Crippen LogP contribution in [0, 0.1) is 13.8 Å². The smallest absolute Gasteiger partial charge is 0.339 e. The molecule has 0 bridgehead atoms. The highest BCUT2D eigenvalue weighted by molar-refractivity contribution is 7.92. The third-order valence-electron chi connectivity index (χ3n) is 3.33. The lowest BCUT2D eigenvalue weighted by Crippen LogP contribution is -2.18. The molecule has 0 radical (unpaired) electrons. The molecule has 0 saturated carbocycles. The average Bonchev–Trinajstić information content (AvgIpc) is 2.72. The summed E-state index contributed by atoms with van der Waals surface area (Å²) in [7, 11) is -1.01. The topological polar surface area (TPSA) is 90.3 Å². The van der Waals surface area contributed by atoms with Crippen molar-refractivity contribution in [3.63, 3.8) is 0 Å². The quantitative estimate of drug-likeness (QED) is 0.864. The molecule has 118 valence electrons. The number of rotatable bonds is 4.